The average Bonchev–Trinajstić information content (AvgIpc) is 3.49. The predicted octanol–water partition coefficient (Wildman–Crippen LogP) is 1.75. The molecular weight excluding hydrogens is 399 g/mol. The molecule has 1 aromatic rings. The molecule has 0 aromatic carbocycles. The Bertz CT molecular complexity index is 865. The van der Waals surface area contributed by atoms with Crippen LogP contribution < -0.4 is 20.7 Å². The van der Waals surface area contributed by atoms with E-state index >= 15 is 0 Å². The van der Waals surface area contributed by atoms with Gasteiger partial charge in [0.05, 0.1) is 19.3 Å². The molecule has 1 aromatic heterocycles. The lowest BCUT2D eigenvalue weighted by Gasteiger charge is -2.50. The van der Waals surface area contributed by atoms with Gasteiger partial charge in [0, 0.05) is 31.2 Å². The Morgan fingerprint density at radius 1 is 1.30 bits per heavy atom. The van der Waals surface area contributed by atoms with Gasteiger partial charge in [0.1, 0.15) is 11.9 Å². The van der Waals surface area contributed by atoms with Gasteiger partial charge in [-0.3, -0.25) is 9.36 Å². The predicted molar refractivity (Wildman–Crippen MR) is 106 cm³/mol. The smallest absolute Gasteiger partial charge is 0.377 e. The van der Waals surface area contributed by atoms with E-state index in [1.54, 1.807) is 0 Å². The van der Waals surface area contributed by atoms with Crippen molar-refractivity contribution in [2.45, 2.75) is 63.0 Å². The first-order chi connectivity index (χ1) is 14.3. The van der Waals surface area contributed by atoms with E-state index in [2.05, 4.69) is 10.3 Å². The second kappa shape index (κ2) is 7.12. The molecule has 0 radical (unpaired) electrons. The van der Waals surface area contributed by atoms with Crippen molar-refractivity contribution in [2.75, 3.05) is 42.6 Å². The summed E-state index contributed by atoms with van der Waals surface area (Å²) in [7, 11) is 0. The number of nitrogens with one attached hydrogen (secondary N) is 1. The van der Waals surface area contributed by atoms with E-state index in [0.29, 0.717) is 31.5 Å². The van der Waals surface area contributed by atoms with E-state index in [1.807, 2.05) is 11.8 Å². The summed E-state index contributed by atoms with van der Waals surface area (Å²) >= 11 is 0. The highest BCUT2D eigenvalue weighted by Gasteiger charge is 2.54. The zero-order chi connectivity index (χ0) is 21.1. The van der Waals surface area contributed by atoms with Gasteiger partial charge in [-0.05, 0) is 45.1 Å². The SMILES string of the molecule is CC1COCCN1c1cc(=O)n2c(n1)N(CC1(C3CC3)CCN1)C(C(F)(F)F)CC2. The third-order valence-electron chi connectivity index (χ3n) is 7.13. The molecule has 0 spiro atoms. The fourth-order valence-electron chi connectivity index (χ4n) is 5.19. The molecule has 5 rings (SSSR count). The normalized spacial score (nSPS) is 32.0. The van der Waals surface area contributed by atoms with Gasteiger partial charge in [0.2, 0.25) is 5.95 Å². The maximum atomic E-state index is 14.0. The number of hydrogen-bond donors (Lipinski definition) is 1. The van der Waals surface area contributed by atoms with Gasteiger partial charge in [-0.25, -0.2) is 0 Å². The molecule has 3 atom stereocenters. The molecule has 7 nitrogen and oxygen atoms in total. The van der Waals surface area contributed by atoms with E-state index in [4.69, 9.17) is 4.74 Å². The van der Waals surface area contributed by atoms with Crippen molar-refractivity contribution in [1.29, 1.82) is 0 Å². The fourth-order valence-corrected chi connectivity index (χ4v) is 5.19. The van der Waals surface area contributed by atoms with Crippen LogP contribution in [0.1, 0.15) is 32.6 Å². The molecule has 3 aliphatic heterocycles. The Labute approximate surface area is 173 Å². The molecular formula is C20H28F3N5O2. The molecule has 10 heteroatoms. The van der Waals surface area contributed by atoms with Crippen LogP contribution in [0.15, 0.2) is 10.9 Å². The molecule has 30 heavy (non-hydrogen) atoms. The van der Waals surface area contributed by atoms with E-state index < -0.39 is 12.2 Å². The molecule has 3 unspecified atom stereocenters. The molecule has 1 aliphatic carbocycles. The van der Waals surface area contributed by atoms with Gasteiger partial charge in [0.15, 0.2) is 0 Å². The van der Waals surface area contributed by atoms with Crippen LogP contribution in [0.25, 0.3) is 0 Å². The van der Waals surface area contributed by atoms with Gasteiger partial charge in [-0.1, -0.05) is 0 Å². The minimum atomic E-state index is -4.38. The van der Waals surface area contributed by atoms with E-state index in [1.165, 1.54) is 15.5 Å². The van der Waals surface area contributed by atoms with Crippen LogP contribution in [0.3, 0.4) is 0 Å². The van der Waals surface area contributed by atoms with Crippen LogP contribution in [0, 0.1) is 5.92 Å². The number of rotatable bonds is 4. The van der Waals surface area contributed by atoms with Crippen LogP contribution in [0.5, 0.6) is 0 Å². The first-order valence-corrected chi connectivity index (χ1v) is 10.8. The van der Waals surface area contributed by atoms with Crippen LogP contribution >= 0.6 is 0 Å². The number of hydrogen-bond acceptors (Lipinski definition) is 6. The van der Waals surface area contributed by atoms with Gasteiger partial charge < -0.3 is 19.9 Å². The summed E-state index contributed by atoms with van der Waals surface area (Å²) in [5, 5.41) is 3.42. The standard InChI is InChI=1S/C20H28F3N5O2/c1-13-11-30-9-8-26(13)16-10-17(29)27-7-4-15(20(21,22)23)28(18(27)25-16)12-19(5-6-24-19)14-2-3-14/h10,13-15,24H,2-9,11-12H2,1H3. The highest BCUT2D eigenvalue weighted by Crippen LogP contribution is 2.47. The first kappa shape index (κ1) is 20.1. The quantitative estimate of drug-likeness (QED) is 0.790. The van der Waals surface area contributed by atoms with Crippen molar-refractivity contribution in [3.05, 3.63) is 16.4 Å². The van der Waals surface area contributed by atoms with Crippen LogP contribution in [-0.4, -0.2) is 66.2 Å². The Balaban J connectivity index is 1.56. The van der Waals surface area contributed by atoms with Crippen LogP contribution in [0.2, 0.25) is 0 Å². The summed E-state index contributed by atoms with van der Waals surface area (Å²) < 4.78 is 48.9. The largest absolute Gasteiger partial charge is 0.408 e. The lowest BCUT2D eigenvalue weighted by Crippen LogP contribution is -2.67. The van der Waals surface area contributed by atoms with Crippen molar-refractivity contribution >= 4 is 11.8 Å². The second-order valence-corrected chi connectivity index (χ2v) is 9.10. The monoisotopic (exact) mass is 427 g/mol. The minimum Gasteiger partial charge on any atom is -0.377 e. The van der Waals surface area contributed by atoms with Gasteiger partial charge >= 0.3 is 6.18 Å². The number of alkyl halides is 3. The number of nitrogens with zero attached hydrogens (tertiary/aromatic N) is 4. The maximum Gasteiger partial charge on any atom is 0.408 e. The summed E-state index contributed by atoms with van der Waals surface area (Å²) in [6.07, 6.45) is -1.55. The van der Waals surface area contributed by atoms with Crippen LogP contribution in [0.4, 0.5) is 24.9 Å². The zero-order valence-electron chi connectivity index (χ0n) is 17.1. The number of aromatic nitrogens is 2. The molecule has 1 saturated carbocycles. The third kappa shape index (κ3) is 3.37. The Morgan fingerprint density at radius 2 is 2.07 bits per heavy atom. The lowest BCUT2D eigenvalue weighted by atomic mass is 9.81. The lowest BCUT2D eigenvalue weighted by molar-refractivity contribution is -0.153. The van der Waals surface area contributed by atoms with Gasteiger partial charge in [-0.2, -0.15) is 18.2 Å². The first-order valence-electron chi connectivity index (χ1n) is 10.8. The molecule has 0 amide bonds. The third-order valence-corrected chi connectivity index (χ3v) is 7.13. The van der Waals surface area contributed by atoms with Crippen molar-refractivity contribution < 1.29 is 17.9 Å². The molecule has 4 heterocycles. The molecule has 1 N–H and O–H groups in total. The van der Waals surface area contributed by atoms with Crippen molar-refractivity contribution in [1.82, 2.24) is 14.9 Å². The Hall–Kier alpha value is -1.81. The van der Waals surface area contributed by atoms with Crippen LogP contribution in [-0.2, 0) is 11.3 Å². The zero-order valence-corrected chi connectivity index (χ0v) is 17.1. The van der Waals surface area contributed by atoms with E-state index in [0.717, 1.165) is 25.8 Å². The summed E-state index contributed by atoms with van der Waals surface area (Å²) in [5.41, 5.74) is -0.590. The molecule has 4 aliphatic rings. The average molecular weight is 427 g/mol. The minimum absolute atomic E-state index is 0.00950. The second-order valence-electron chi connectivity index (χ2n) is 9.10. The highest BCUT2D eigenvalue weighted by molar-refractivity contribution is 5.48. The Morgan fingerprint density at radius 3 is 2.67 bits per heavy atom. The topological polar surface area (TPSA) is 62.6 Å². The maximum absolute atomic E-state index is 14.0. The number of ether oxygens (including phenoxy) is 1. The van der Waals surface area contributed by atoms with Crippen molar-refractivity contribution in [2.24, 2.45) is 5.92 Å². The van der Waals surface area contributed by atoms with E-state index in [-0.39, 0.29) is 42.6 Å². The molecule has 166 valence electrons. The summed E-state index contributed by atoms with van der Waals surface area (Å²) in [6.45, 7) is 4.63. The van der Waals surface area contributed by atoms with Crippen molar-refractivity contribution in [3.63, 3.8) is 0 Å². The highest BCUT2D eigenvalue weighted by atomic mass is 19.4. The van der Waals surface area contributed by atoms with Gasteiger partial charge in [-0.15, -0.1) is 0 Å². The van der Waals surface area contributed by atoms with E-state index in [9.17, 15) is 18.0 Å². The summed E-state index contributed by atoms with van der Waals surface area (Å²) in [5.74, 6) is 1.00. The summed E-state index contributed by atoms with van der Waals surface area (Å²) in [6, 6.07) is -0.162. The number of halogens is 3. The number of morpholine rings is 1. The number of anilines is 2. The fraction of sp³-hybridized carbons (Fsp3) is 0.800. The number of fused-ring (bicyclic) bond motifs is 1. The molecule has 2 saturated heterocycles. The molecule has 3 fully saturated rings. The van der Waals surface area contributed by atoms with Gasteiger partial charge in [0.25, 0.3) is 5.56 Å². The summed E-state index contributed by atoms with van der Waals surface area (Å²) in [4.78, 5) is 20.8. The molecule has 0 bridgehead atoms. The Kier molecular flexibility index (Phi) is 4.77. The van der Waals surface area contributed by atoms with Crippen molar-refractivity contribution in [3.8, 4) is 0 Å².